The van der Waals surface area contributed by atoms with Crippen LogP contribution >= 0.6 is 0 Å². The van der Waals surface area contributed by atoms with Gasteiger partial charge in [0.2, 0.25) is 0 Å². The molecule has 0 N–H and O–H groups in total. The maximum absolute atomic E-state index is 13.0. The van der Waals surface area contributed by atoms with Crippen LogP contribution in [-0.4, -0.2) is 48.3 Å². The average Bonchev–Trinajstić information content (AvgIpc) is 3.16. The minimum atomic E-state index is 0.0567. The van der Waals surface area contributed by atoms with E-state index in [4.69, 9.17) is 0 Å². The number of aromatic nitrogens is 5. The first-order chi connectivity index (χ1) is 12.0. The topological polar surface area (TPSA) is 68.3 Å². The monoisotopic (exact) mass is 338 g/mol. The molecule has 1 aliphatic heterocycles. The van der Waals surface area contributed by atoms with E-state index in [9.17, 15) is 4.79 Å². The second-order valence-electron chi connectivity index (χ2n) is 6.81. The van der Waals surface area contributed by atoms with Crippen molar-refractivity contribution in [1.82, 2.24) is 29.3 Å². The van der Waals surface area contributed by atoms with E-state index in [0.29, 0.717) is 12.1 Å². The molecule has 1 saturated heterocycles. The second kappa shape index (κ2) is 5.98. The molecule has 3 aromatic heterocycles. The summed E-state index contributed by atoms with van der Waals surface area (Å²) in [5.74, 6) is 0.838. The number of piperidine rings is 1. The summed E-state index contributed by atoms with van der Waals surface area (Å²) in [7, 11) is 0. The number of carbonyl (C=O) groups excluding carboxylic acids is 1. The van der Waals surface area contributed by atoms with Gasteiger partial charge in [0.1, 0.15) is 5.82 Å². The highest BCUT2D eigenvalue weighted by molar-refractivity contribution is 5.94. The molecular formula is C18H22N6O. The Balaban J connectivity index is 1.58. The van der Waals surface area contributed by atoms with Gasteiger partial charge in [0.15, 0.2) is 5.65 Å². The molecule has 0 spiro atoms. The molecule has 0 radical (unpaired) electrons. The minimum absolute atomic E-state index is 0.0567. The van der Waals surface area contributed by atoms with Crippen molar-refractivity contribution in [2.45, 2.75) is 39.7 Å². The summed E-state index contributed by atoms with van der Waals surface area (Å²) in [6.45, 7) is 7.44. The molecule has 0 saturated carbocycles. The molecule has 130 valence electrons. The number of amides is 1. The highest BCUT2D eigenvalue weighted by atomic mass is 16.2. The molecule has 1 atom stereocenters. The largest absolute Gasteiger partial charge is 0.336 e. The second-order valence-corrected chi connectivity index (χ2v) is 6.81. The normalized spacial score (nSPS) is 18.0. The number of pyridine rings is 1. The smallest absolute Gasteiger partial charge is 0.255 e. The number of fused-ring (bicyclic) bond motifs is 1. The van der Waals surface area contributed by atoms with E-state index in [1.807, 2.05) is 41.5 Å². The Hall–Kier alpha value is -2.70. The molecule has 1 fully saturated rings. The van der Waals surface area contributed by atoms with E-state index in [0.717, 1.165) is 42.2 Å². The Morgan fingerprint density at radius 3 is 2.80 bits per heavy atom. The SMILES string of the molecule is Cc1cc(C)n([C@@H]2CCCN(C(=O)c3ccc4nnc(C)n4c3)C2)n1. The standard InChI is InChI=1S/C18H22N6O/c1-12-9-13(2)24(21-12)16-5-4-8-22(11-16)18(25)15-6-7-17-20-19-14(3)23(17)10-15/h6-7,9-10,16H,4-5,8,11H2,1-3H3/t16-/m1/s1. The molecule has 3 aromatic rings. The van der Waals surface area contributed by atoms with Crippen molar-refractivity contribution in [3.63, 3.8) is 0 Å². The Morgan fingerprint density at radius 1 is 1.20 bits per heavy atom. The van der Waals surface area contributed by atoms with Gasteiger partial charge in [-0.05, 0) is 51.8 Å². The van der Waals surface area contributed by atoms with Gasteiger partial charge in [-0.2, -0.15) is 5.10 Å². The van der Waals surface area contributed by atoms with Gasteiger partial charge >= 0.3 is 0 Å². The average molecular weight is 338 g/mol. The van der Waals surface area contributed by atoms with Crippen LogP contribution in [0.25, 0.3) is 5.65 Å². The predicted octanol–water partition coefficient (Wildman–Crippen LogP) is 2.33. The quantitative estimate of drug-likeness (QED) is 0.719. The van der Waals surface area contributed by atoms with Gasteiger partial charge in [0.25, 0.3) is 5.91 Å². The van der Waals surface area contributed by atoms with E-state index in [-0.39, 0.29) is 11.9 Å². The van der Waals surface area contributed by atoms with E-state index < -0.39 is 0 Å². The molecule has 0 aliphatic carbocycles. The first kappa shape index (κ1) is 15.8. The third kappa shape index (κ3) is 2.79. The van der Waals surface area contributed by atoms with Gasteiger partial charge in [-0.1, -0.05) is 0 Å². The van der Waals surface area contributed by atoms with Crippen LogP contribution in [-0.2, 0) is 0 Å². The van der Waals surface area contributed by atoms with E-state index >= 15 is 0 Å². The molecule has 0 unspecified atom stereocenters. The van der Waals surface area contributed by atoms with Crippen molar-refractivity contribution in [1.29, 1.82) is 0 Å². The maximum atomic E-state index is 13.0. The van der Waals surface area contributed by atoms with Gasteiger partial charge in [-0.15, -0.1) is 10.2 Å². The molecular weight excluding hydrogens is 316 g/mol. The summed E-state index contributed by atoms with van der Waals surface area (Å²) in [4.78, 5) is 14.9. The highest BCUT2D eigenvalue weighted by Crippen LogP contribution is 2.24. The summed E-state index contributed by atoms with van der Waals surface area (Å²) < 4.78 is 3.93. The van der Waals surface area contributed by atoms with E-state index in [1.165, 1.54) is 0 Å². The van der Waals surface area contributed by atoms with Crippen molar-refractivity contribution in [2.24, 2.45) is 0 Å². The number of rotatable bonds is 2. The fraction of sp³-hybridized carbons (Fsp3) is 0.444. The molecule has 0 bridgehead atoms. The van der Waals surface area contributed by atoms with Crippen LogP contribution in [0.4, 0.5) is 0 Å². The lowest BCUT2D eigenvalue weighted by Crippen LogP contribution is -2.41. The molecule has 0 aromatic carbocycles. The fourth-order valence-corrected chi connectivity index (χ4v) is 3.67. The van der Waals surface area contributed by atoms with Crippen LogP contribution in [0.15, 0.2) is 24.4 Å². The zero-order chi connectivity index (χ0) is 17.6. The molecule has 1 aliphatic rings. The van der Waals surface area contributed by atoms with Crippen molar-refractivity contribution in [2.75, 3.05) is 13.1 Å². The van der Waals surface area contributed by atoms with Crippen molar-refractivity contribution in [3.8, 4) is 0 Å². The van der Waals surface area contributed by atoms with Crippen LogP contribution in [0, 0.1) is 20.8 Å². The molecule has 4 heterocycles. The first-order valence-corrected chi connectivity index (χ1v) is 8.66. The van der Waals surface area contributed by atoms with E-state index in [2.05, 4.69) is 33.0 Å². The molecule has 7 nitrogen and oxygen atoms in total. The summed E-state index contributed by atoms with van der Waals surface area (Å²) in [6, 6.07) is 6.00. The molecule has 1 amide bonds. The van der Waals surface area contributed by atoms with Crippen LogP contribution in [0.2, 0.25) is 0 Å². The lowest BCUT2D eigenvalue weighted by Gasteiger charge is -2.33. The Labute approximate surface area is 146 Å². The summed E-state index contributed by atoms with van der Waals surface area (Å²) >= 11 is 0. The lowest BCUT2D eigenvalue weighted by atomic mass is 10.0. The number of hydrogen-bond acceptors (Lipinski definition) is 4. The first-order valence-electron chi connectivity index (χ1n) is 8.66. The van der Waals surface area contributed by atoms with Gasteiger partial charge in [0.05, 0.1) is 17.3 Å². The number of carbonyl (C=O) groups is 1. The number of hydrogen-bond donors (Lipinski definition) is 0. The summed E-state index contributed by atoms with van der Waals surface area (Å²) in [6.07, 6.45) is 3.87. The number of nitrogens with zero attached hydrogens (tertiary/aromatic N) is 6. The van der Waals surface area contributed by atoms with Crippen molar-refractivity contribution in [3.05, 3.63) is 47.2 Å². The number of likely N-dealkylation sites (tertiary alicyclic amines) is 1. The van der Waals surface area contributed by atoms with Crippen LogP contribution in [0.1, 0.15) is 46.5 Å². The van der Waals surface area contributed by atoms with Gasteiger partial charge in [0, 0.05) is 25.0 Å². The van der Waals surface area contributed by atoms with Gasteiger partial charge in [-0.25, -0.2) is 0 Å². The van der Waals surface area contributed by atoms with Crippen LogP contribution < -0.4 is 0 Å². The molecule has 7 heteroatoms. The molecule has 25 heavy (non-hydrogen) atoms. The summed E-state index contributed by atoms with van der Waals surface area (Å²) in [5, 5.41) is 12.7. The minimum Gasteiger partial charge on any atom is -0.336 e. The highest BCUT2D eigenvalue weighted by Gasteiger charge is 2.27. The Kier molecular flexibility index (Phi) is 3.78. The van der Waals surface area contributed by atoms with Crippen LogP contribution in [0.5, 0.6) is 0 Å². The van der Waals surface area contributed by atoms with Crippen LogP contribution in [0.3, 0.4) is 0 Å². The zero-order valence-electron chi connectivity index (χ0n) is 14.8. The third-order valence-electron chi connectivity index (χ3n) is 4.89. The van der Waals surface area contributed by atoms with Crippen molar-refractivity contribution >= 4 is 11.6 Å². The lowest BCUT2D eigenvalue weighted by molar-refractivity contribution is 0.0671. The Bertz CT molecular complexity index is 940. The van der Waals surface area contributed by atoms with Gasteiger partial charge in [-0.3, -0.25) is 13.9 Å². The van der Waals surface area contributed by atoms with Gasteiger partial charge < -0.3 is 4.90 Å². The zero-order valence-corrected chi connectivity index (χ0v) is 14.8. The maximum Gasteiger partial charge on any atom is 0.255 e. The Morgan fingerprint density at radius 2 is 2.04 bits per heavy atom. The van der Waals surface area contributed by atoms with E-state index in [1.54, 1.807) is 0 Å². The molecule has 4 rings (SSSR count). The predicted molar refractivity (Wildman–Crippen MR) is 93.6 cm³/mol. The summed E-state index contributed by atoms with van der Waals surface area (Å²) in [5.41, 5.74) is 3.60. The third-order valence-corrected chi connectivity index (χ3v) is 4.89. The van der Waals surface area contributed by atoms with Crippen molar-refractivity contribution < 1.29 is 4.79 Å². The number of aryl methyl sites for hydroxylation is 3. The fourth-order valence-electron chi connectivity index (χ4n) is 3.67.